The van der Waals surface area contributed by atoms with Crippen molar-refractivity contribution in [3.63, 3.8) is 0 Å². The van der Waals surface area contributed by atoms with Gasteiger partial charge in [0.25, 0.3) is 5.89 Å². The third kappa shape index (κ3) is 3.68. The maximum Gasteiger partial charge on any atom is 0.251 e. The van der Waals surface area contributed by atoms with E-state index in [4.69, 9.17) is 8.83 Å². The predicted molar refractivity (Wildman–Crippen MR) is 74.1 cm³/mol. The van der Waals surface area contributed by atoms with Crippen molar-refractivity contribution in [3.8, 4) is 11.5 Å². The molecule has 0 radical (unpaired) electrons. The molecule has 6 heteroatoms. The Bertz CT molecular complexity index is 560. The quantitative estimate of drug-likeness (QED) is 0.873. The van der Waals surface area contributed by atoms with Crippen LogP contribution in [0.15, 0.2) is 14.9 Å². The second-order valence-corrected chi connectivity index (χ2v) is 5.20. The third-order valence-electron chi connectivity index (χ3n) is 3.07. The molecule has 0 amide bonds. The Labute approximate surface area is 118 Å². The summed E-state index contributed by atoms with van der Waals surface area (Å²) in [7, 11) is 1.96. The van der Waals surface area contributed by atoms with Gasteiger partial charge in [-0.05, 0) is 40.3 Å². The highest BCUT2D eigenvalue weighted by molar-refractivity contribution is 5.55. The SMILES string of the molecule is Cc1cc(-c2nnc(CN(C)CCC(C)O)o2)c(C)o1. The highest BCUT2D eigenvalue weighted by Crippen LogP contribution is 2.25. The van der Waals surface area contributed by atoms with Gasteiger partial charge in [0.1, 0.15) is 11.5 Å². The zero-order chi connectivity index (χ0) is 14.7. The van der Waals surface area contributed by atoms with Crippen LogP contribution in [0.5, 0.6) is 0 Å². The van der Waals surface area contributed by atoms with Gasteiger partial charge >= 0.3 is 0 Å². The molecule has 0 aliphatic rings. The number of aromatic nitrogens is 2. The molecule has 2 aromatic heterocycles. The summed E-state index contributed by atoms with van der Waals surface area (Å²) in [5.41, 5.74) is 0.841. The lowest BCUT2D eigenvalue weighted by Crippen LogP contribution is -2.22. The first-order valence-corrected chi connectivity index (χ1v) is 6.72. The Morgan fingerprint density at radius 1 is 1.30 bits per heavy atom. The normalized spacial score (nSPS) is 13.1. The maximum atomic E-state index is 9.26. The van der Waals surface area contributed by atoms with Gasteiger partial charge in [-0.25, -0.2) is 0 Å². The monoisotopic (exact) mass is 279 g/mol. The van der Waals surface area contributed by atoms with Crippen LogP contribution in [0.1, 0.15) is 30.8 Å². The standard InChI is InChI=1S/C14H21N3O3/c1-9(18)5-6-17(4)8-13-15-16-14(20-13)12-7-10(2)19-11(12)3/h7,9,18H,5-6,8H2,1-4H3. The zero-order valence-electron chi connectivity index (χ0n) is 12.4. The number of rotatable bonds is 6. The van der Waals surface area contributed by atoms with E-state index in [1.807, 2.05) is 31.9 Å². The molecule has 2 rings (SSSR count). The smallest absolute Gasteiger partial charge is 0.251 e. The molecule has 1 atom stereocenters. The molecule has 20 heavy (non-hydrogen) atoms. The van der Waals surface area contributed by atoms with Crippen LogP contribution in [-0.2, 0) is 6.54 Å². The minimum Gasteiger partial charge on any atom is -0.466 e. The van der Waals surface area contributed by atoms with Crippen molar-refractivity contribution < 1.29 is 13.9 Å². The van der Waals surface area contributed by atoms with Crippen LogP contribution in [0.4, 0.5) is 0 Å². The van der Waals surface area contributed by atoms with E-state index in [1.165, 1.54) is 0 Å². The van der Waals surface area contributed by atoms with Gasteiger partial charge in [-0.15, -0.1) is 10.2 Å². The van der Waals surface area contributed by atoms with Gasteiger partial charge in [0.2, 0.25) is 5.89 Å². The summed E-state index contributed by atoms with van der Waals surface area (Å²) in [6.07, 6.45) is 0.421. The Morgan fingerprint density at radius 3 is 2.65 bits per heavy atom. The number of aliphatic hydroxyl groups is 1. The van der Waals surface area contributed by atoms with Crippen molar-refractivity contribution in [2.45, 2.75) is 39.8 Å². The van der Waals surface area contributed by atoms with E-state index in [0.29, 0.717) is 18.3 Å². The molecular formula is C14H21N3O3. The van der Waals surface area contributed by atoms with Crippen molar-refractivity contribution in [3.05, 3.63) is 23.5 Å². The fourth-order valence-electron chi connectivity index (χ4n) is 1.99. The lowest BCUT2D eigenvalue weighted by atomic mass is 10.2. The van der Waals surface area contributed by atoms with Gasteiger partial charge < -0.3 is 13.9 Å². The van der Waals surface area contributed by atoms with Crippen LogP contribution in [-0.4, -0.2) is 39.9 Å². The summed E-state index contributed by atoms with van der Waals surface area (Å²) in [5.74, 6) is 2.65. The van der Waals surface area contributed by atoms with E-state index in [2.05, 4.69) is 10.2 Å². The second-order valence-electron chi connectivity index (χ2n) is 5.20. The van der Waals surface area contributed by atoms with E-state index < -0.39 is 0 Å². The third-order valence-corrected chi connectivity index (χ3v) is 3.07. The number of aryl methyl sites for hydroxylation is 2. The first-order chi connectivity index (χ1) is 9.45. The zero-order valence-corrected chi connectivity index (χ0v) is 12.4. The van der Waals surface area contributed by atoms with Gasteiger partial charge in [0, 0.05) is 6.54 Å². The lowest BCUT2D eigenvalue weighted by molar-refractivity contribution is 0.159. The van der Waals surface area contributed by atoms with Crippen molar-refractivity contribution in [1.82, 2.24) is 15.1 Å². The average Bonchev–Trinajstić information content (AvgIpc) is 2.93. The van der Waals surface area contributed by atoms with Gasteiger partial charge in [0.15, 0.2) is 0 Å². The Kier molecular flexibility index (Phi) is 4.57. The minimum absolute atomic E-state index is 0.299. The van der Waals surface area contributed by atoms with Crippen molar-refractivity contribution in [1.29, 1.82) is 0 Å². The predicted octanol–water partition coefficient (Wildman–Crippen LogP) is 2.15. The maximum absolute atomic E-state index is 9.26. The molecule has 0 fully saturated rings. The van der Waals surface area contributed by atoms with Crippen LogP contribution in [0.2, 0.25) is 0 Å². The lowest BCUT2D eigenvalue weighted by Gasteiger charge is -2.14. The first kappa shape index (κ1) is 14.7. The molecule has 0 aliphatic heterocycles. The first-order valence-electron chi connectivity index (χ1n) is 6.72. The van der Waals surface area contributed by atoms with Gasteiger partial charge in [-0.3, -0.25) is 4.90 Å². The minimum atomic E-state index is -0.299. The number of hydrogen-bond donors (Lipinski definition) is 1. The summed E-state index contributed by atoms with van der Waals surface area (Å²) < 4.78 is 11.1. The van der Waals surface area contributed by atoms with Crippen molar-refractivity contribution in [2.24, 2.45) is 0 Å². The fourth-order valence-corrected chi connectivity index (χ4v) is 1.99. The number of furan rings is 1. The average molecular weight is 279 g/mol. The van der Waals surface area contributed by atoms with E-state index in [1.54, 1.807) is 6.92 Å². The molecule has 2 aromatic rings. The van der Waals surface area contributed by atoms with Crippen LogP contribution in [0.25, 0.3) is 11.5 Å². The molecule has 2 heterocycles. The Morgan fingerprint density at radius 2 is 2.05 bits per heavy atom. The van der Waals surface area contributed by atoms with Gasteiger partial charge in [-0.2, -0.15) is 0 Å². The molecule has 0 aromatic carbocycles. The van der Waals surface area contributed by atoms with Crippen molar-refractivity contribution in [2.75, 3.05) is 13.6 Å². The topological polar surface area (TPSA) is 75.5 Å². The summed E-state index contributed by atoms with van der Waals surface area (Å²) in [4.78, 5) is 2.04. The highest BCUT2D eigenvalue weighted by Gasteiger charge is 2.15. The molecule has 0 saturated heterocycles. The Hall–Kier alpha value is -1.66. The van der Waals surface area contributed by atoms with E-state index in [0.717, 1.165) is 30.0 Å². The van der Waals surface area contributed by atoms with E-state index >= 15 is 0 Å². The molecule has 1 unspecified atom stereocenters. The molecule has 0 spiro atoms. The summed E-state index contributed by atoms with van der Waals surface area (Å²) in [6, 6.07) is 1.89. The molecule has 0 aliphatic carbocycles. The second kappa shape index (κ2) is 6.19. The largest absolute Gasteiger partial charge is 0.466 e. The van der Waals surface area contributed by atoms with Crippen LogP contribution < -0.4 is 0 Å². The van der Waals surface area contributed by atoms with Crippen LogP contribution in [0, 0.1) is 13.8 Å². The summed E-state index contributed by atoms with van der Waals surface area (Å²) >= 11 is 0. The molecular weight excluding hydrogens is 258 g/mol. The fraction of sp³-hybridized carbons (Fsp3) is 0.571. The molecule has 0 saturated carbocycles. The highest BCUT2D eigenvalue weighted by atomic mass is 16.4. The number of nitrogens with zero attached hydrogens (tertiary/aromatic N) is 3. The summed E-state index contributed by atoms with van der Waals surface area (Å²) in [6.45, 7) is 6.88. The number of hydrogen-bond acceptors (Lipinski definition) is 6. The molecule has 6 nitrogen and oxygen atoms in total. The van der Waals surface area contributed by atoms with Crippen LogP contribution in [0.3, 0.4) is 0 Å². The molecule has 110 valence electrons. The Balaban J connectivity index is 2.00. The van der Waals surface area contributed by atoms with Gasteiger partial charge in [-0.1, -0.05) is 0 Å². The summed E-state index contributed by atoms with van der Waals surface area (Å²) in [5, 5.41) is 17.4. The van der Waals surface area contributed by atoms with Gasteiger partial charge in [0.05, 0.1) is 18.2 Å². The number of aliphatic hydroxyl groups excluding tert-OH is 1. The molecule has 1 N–H and O–H groups in total. The van der Waals surface area contributed by atoms with E-state index in [-0.39, 0.29) is 6.10 Å². The molecule has 0 bridgehead atoms. The van der Waals surface area contributed by atoms with Crippen molar-refractivity contribution >= 4 is 0 Å². The van der Waals surface area contributed by atoms with Crippen LogP contribution >= 0.6 is 0 Å². The van der Waals surface area contributed by atoms with E-state index in [9.17, 15) is 5.11 Å².